The molecule has 0 aliphatic rings. The Labute approximate surface area is 137 Å². The third-order valence-corrected chi connectivity index (χ3v) is 3.48. The highest BCUT2D eigenvalue weighted by molar-refractivity contribution is 5.85. The number of esters is 1. The van der Waals surface area contributed by atoms with Crippen molar-refractivity contribution >= 4 is 22.8 Å². The molecule has 3 rings (SSSR count). The van der Waals surface area contributed by atoms with Gasteiger partial charge in [0.25, 0.3) is 5.91 Å². The summed E-state index contributed by atoms with van der Waals surface area (Å²) in [5.41, 5.74) is 1.09. The molecule has 7 heteroatoms. The molecule has 1 aromatic carbocycles. The number of nitrogens with zero attached hydrogens (tertiary/aromatic N) is 1. The van der Waals surface area contributed by atoms with Crippen LogP contribution in [0.4, 0.5) is 0 Å². The SMILES string of the molecule is C[C@H](NC(=O)COC(=O)Cc1noc2ccccc12)c1ccco1. The Bertz CT molecular complexity index is 838. The van der Waals surface area contributed by atoms with Crippen molar-refractivity contribution in [3.05, 3.63) is 54.1 Å². The van der Waals surface area contributed by atoms with Crippen molar-refractivity contribution < 1.29 is 23.3 Å². The summed E-state index contributed by atoms with van der Waals surface area (Å²) < 4.78 is 15.3. The van der Waals surface area contributed by atoms with Crippen LogP contribution in [0.2, 0.25) is 0 Å². The van der Waals surface area contributed by atoms with Crippen molar-refractivity contribution in [2.75, 3.05) is 6.61 Å². The highest BCUT2D eigenvalue weighted by atomic mass is 16.5. The van der Waals surface area contributed by atoms with E-state index >= 15 is 0 Å². The smallest absolute Gasteiger partial charge is 0.312 e. The topological polar surface area (TPSA) is 94.6 Å². The molecule has 0 aliphatic heterocycles. The maximum atomic E-state index is 11.9. The summed E-state index contributed by atoms with van der Waals surface area (Å²) in [7, 11) is 0. The molecule has 2 aromatic heterocycles. The molecule has 0 saturated heterocycles. The summed E-state index contributed by atoms with van der Waals surface area (Å²) in [4.78, 5) is 23.7. The molecule has 1 N–H and O–H groups in total. The zero-order chi connectivity index (χ0) is 16.9. The number of aromatic nitrogens is 1. The van der Waals surface area contributed by atoms with E-state index in [0.29, 0.717) is 17.0 Å². The normalized spacial score (nSPS) is 12.0. The average molecular weight is 328 g/mol. The molecule has 0 unspecified atom stereocenters. The van der Waals surface area contributed by atoms with Gasteiger partial charge in [0.15, 0.2) is 12.2 Å². The summed E-state index contributed by atoms with van der Waals surface area (Å²) in [6.45, 7) is 1.42. The summed E-state index contributed by atoms with van der Waals surface area (Å²) >= 11 is 0. The molecule has 7 nitrogen and oxygen atoms in total. The summed E-state index contributed by atoms with van der Waals surface area (Å²) in [6.07, 6.45) is 1.47. The van der Waals surface area contributed by atoms with Gasteiger partial charge in [-0.15, -0.1) is 0 Å². The van der Waals surface area contributed by atoms with Crippen LogP contribution in [0.15, 0.2) is 51.6 Å². The van der Waals surface area contributed by atoms with Crippen molar-refractivity contribution in [2.24, 2.45) is 0 Å². The minimum atomic E-state index is -0.546. The molecule has 0 bridgehead atoms. The molecule has 3 aromatic rings. The zero-order valence-corrected chi connectivity index (χ0v) is 13.0. The van der Waals surface area contributed by atoms with E-state index in [0.717, 1.165) is 5.39 Å². The van der Waals surface area contributed by atoms with E-state index < -0.39 is 11.9 Å². The lowest BCUT2D eigenvalue weighted by atomic mass is 10.2. The van der Waals surface area contributed by atoms with Gasteiger partial charge in [-0.2, -0.15) is 0 Å². The Morgan fingerprint density at radius 2 is 2.08 bits per heavy atom. The minimum absolute atomic E-state index is 0.0575. The number of para-hydroxylation sites is 1. The van der Waals surface area contributed by atoms with E-state index in [1.165, 1.54) is 6.26 Å². The number of rotatable bonds is 6. The van der Waals surface area contributed by atoms with Gasteiger partial charge in [0.2, 0.25) is 0 Å². The van der Waals surface area contributed by atoms with Gasteiger partial charge in [-0.3, -0.25) is 9.59 Å². The fraction of sp³-hybridized carbons (Fsp3) is 0.235. The molecule has 124 valence electrons. The van der Waals surface area contributed by atoms with Crippen LogP contribution in [0.3, 0.4) is 0 Å². The second kappa shape index (κ2) is 6.99. The fourth-order valence-electron chi connectivity index (χ4n) is 2.29. The number of amides is 1. The standard InChI is InChI=1S/C17H16N2O5/c1-11(14-7-4-8-22-14)18-16(20)10-23-17(21)9-13-12-5-2-3-6-15(12)24-19-13/h2-8,11H,9-10H2,1H3,(H,18,20)/t11-/m0/s1. The molecule has 0 spiro atoms. The third-order valence-electron chi connectivity index (χ3n) is 3.48. The number of hydrogen-bond donors (Lipinski definition) is 1. The van der Waals surface area contributed by atoms with Gasteiger partial charge < -0.3 is 19.0 Å². The maximum Gasteiger partial charge on any atom is 0.312 e. The second-order valence-corrected chi connectivity index (χ2v) is 5.27. The molecule has 2 heterocycles. The molecule has 1 amide bonds. The highest BCUT2D eigenvalue weighted by Gasteiger charge is 2.16. The Morgan fingerprint density at radius 3 is 2.88 bits per heavy atom. The predicted molar refractivity (Wildman–Crippen MR) is 83.9 cm³/mol. The van der Waals surface area contributed by atoms with Gasteiger partial charge in [0.1, 0.15) is 11.5 Å². The first-order valence-electron chi connectivity index (χ1n) is 7.45. The molecule has 0 aliphatic carbocycles. The lowest BCUT2D eigenvalue weighted by Gasteiger charge is -2.11. The lowest BCUT2D eigenvalue weighted by molar-refractivity contribution is -0.148. The van der Waals surface area contributed by atoms with Crippen LogP contribution in [0.5, 0.6) is 0 Å². The molecule has 24 heavy (non-hydrogen) atoms. The van der Waals surface area contributed by atoms with E-state index in [1.54, 1.807) is 25.1 Å². The summed E-state index contributed by atoms with van der Waals surface area (Å²) in [5, 5.41) is 7.29. The maximum absolute atomic E-state index is 11.9. The van der Waals surface area contributed by atoms with Crippen LogP contribution in [0, 0.1) is 0 Å². The van der Waals surface area contributed by atoms with E-state index in [-0.39, 0.29) is 19.1 Å². The predicted octanol–water partition coefficient (Wildman–Crippen LogP) is 2.38. The van der Waals surface area contributed by atoms with E-state index in [2.05, 4.69) is 10.5 Å². The first kappa shape index (κ1) is 15.8. The number of carbonyl (C=O) groups is 2. The minimum Gasteiger partial charge on any atom is -0.467 e. The van der Waals surface area contributed by atoms with Gasteiger partial charge in [-0.1, -0.05) is 17.3 Å². The number of nitrogens with one attached hydrogen (secondary N) is 1. The van der Waals surface area contributed by atoms with Crippen molar-refractivity contribution in [1.29, 1.82) is 0 Å². The number of furan rings is 1. The molecule has 0 radical (unpaired) electrons. The van der Waals surface area contributed by atoms with E-state index in [4.69, 9.17) is 13.7 Å². The monoisotopic (exact) mass is 328 g/mol. The van der Waals surface area contributed by atoms with Crippen LogP contribution >= 0.6 is 0 Å². The van der Waals surface area contributed by atoms with Crippen LogP contribution < -0.4 is 5.32 Å². The number of ether oxygens (including phenoxy) is 1. The summed E-state index contributed by atoms with van der Waals surface area (Å²) in [5.74, 6) is -0.323. The van der Waals surface area contributed by atoms with Gasteiger partial charge in [-0.25, -0.2) is 0 Å². The van der Waals surface area contributed by atoms with Gasteiger partial charge in [0, 0.05) is 5.39 Å². The van der Waals surface area contributed by atoms with Crippen molar-refractivity contribution in [3.63, 3.8) is 0 Å². The average Bonchev–Trinajstić information content (AvgIpc) is 3.23. The van der Waals surface area contributed by atoms with Gasteiger partial charge >= 0.3 is 5.97 Å². The Kier molecular flexibility index (Phi) is 4.60. The van der Waals surface area contributed by atoms with Crippen LogP contribution in [-0.4, -0.2) is 23.6 Å². The van der Waals surface area contributed by atoms with Crippen LogP contribution in [0.1, 0.15) is 24.4 Å². The molecule has 0 fully saturated rings. The van der Waals surface area contributed by atoms with Gasteiger partial charge in [-0.05, 0) is 31.2 Å². The van der Waals surface area contributed by atoms with E-state index in [9.17, 15) is 9.59 Å². The largest absolute Gasteiger partial charge is 0.467 e. The lowest BCUT2D eigenvalue weighted by Crippen LogP contribution is -2.31. The Morgan fingerprint density at radius 1 is 1.25 bits per heavy atom. The van der Waals surface area contributed by atoms with Crippen molar-refractivity contribution in [3.8, 4) is 0 Å². The number of hydrogen-bond acceptors (Lipinski definition) is 6. The first-order chi connectivity index (χ1) is 11.6. The van der Waals surface area contributed by atoms with Gasteiger partial charge in [0.05, 0.1) is 18.7 Å². The number of benzene rings is 1. The zero-order valence-electron chi connectivity index (χ0n) is 13.0. The van der Waals surface area contributed by atoms with E-state index in [1.807, 2.05) is 18.2 Å². The van der Waals surface area contributed by atoms with Crippen LogP contribution in [0.25, 0.3) is 11.0 Å². The second-order valence-electron chi connectivity index (χ2n) is 5.27. The molecular weight excluding hydrogens is 312 g/mol. The van der Waals surface area contributed by atoms with Crippen LogP contribution in [-0.2, 0) is 20.7 Å². The third kappa shape index (κ3) is 3.62. The number of carbonyl (C=O) groups excluding carboxylic acids is 2. The fourth-order valence-corrected chi connectivity index (χ4v) is 2.29. The molecule has 0 saturated carbocycles. The summed E-state index contributed by atoms with van der Waals surface area (Å²) in [6, 6.07) is 10.4. The number of fused-ring (bicyclic) bond motifs is 1. The van der Waals surface area contributed by atoms with Crippen molar-refractivity contribution in [2.45, 2.75) is 19.4 Å². The Hall–Kier alpha value is -3.09. The highest BCUT2D eigenvalue weighted by Crippen LogP contribution is 2.18. The quantitative estimate of drug-likeness (QED) is 0.698. The first-order valence-corrected chi connectivity index (χ1v) is 7.45. The molecular formula is C17H16N2O5. The Balaban J connectivity index is 1.49. The molecule has 1 atom stereocenters. The van der Waals surface area contributed by atoms with Crippen molar-refractivity contribution in [1.82, 2.24) is 10.5 Å².